The Labute approximate surface area is 191 Å². The number of rotatable bonds is 9. The van der Waals surface area contributed by atoms with Crippen molar-refractivity contribution in [2.75, 3.05) is 11.9 Å². The molecule has 0 heterocycles. The maximum Gasteiger partial charge on any atom is 1.00 e. The number of aliphatic imine (C=N–C) groups is 1. The van der Waals surface area contributed by atoms with Crippen molar-refractivity contribution in [3.8, 4) is 0 Å². The topological polar surface area (TPSA) is 149 Å². The van der Waals surface area contributed by atoms with Gasteiger partial charge in [0, 0.05) is 22.1 Å². The Balaban J connectivity index is 0.00000450. The van der Waals surface area contributed by atoms with Crippen LogP contribution in [-0.4, -0.2) is 30.7 Å². The largest absolute Gasteiger partial charge is 1.00 e. The van der Waals surface area contributed by atoms with Gasteiger partial charge in [0.05, 0.1) is 12.2 Å². The molecule has 5 N–H and O–H groups in total. The number of nitrogens with zero attached hydrogens (tertiary/aromatic N) is 1. The molecular formula is C19H20LiN5O4S. The van der Waals surface area contributed by atoms with Gasteiger partial charge in [0.25, 0.3) is 5.91 Å². The van der Waals surface area contributed by atoms with Crippen molar-refractivity contribution in [3.05, 3.63) is 53.6 Å². The van der Waals surface area contributed by atoms with E-state index in [0.29, 0.717) is 21.8 Å². The molecule has 0 aliphatic rings. The van der Waals surface area contributed by atoms with Crippen molar-refractivity contribution in [1.29, 1.82) is 0 Å². The van der Waals surface area contributed by atoms with Crippen molar-refractivity contribution >= 4 is 48.1 Å². The van der Waals surface area contributed by atoms with E-state index in [9.17, 15) is 19.5 Å². The van der Waals surface area contributed by atoms with Crippen LogP contribution >= 0.6 is 12.6 Å². The Hall–Kier alpha value is -2.77. The molecule has 0 aromatic heterocycles. The van der Waals surface area contributed by atoms with Crippen LogP contribution in [0.5, 0.6) is 0 Å². The van der Waals surface area contributed by atoms with Crippen LogP contribution in [0.2, 0.25) is 0 Å². The second-order valence-electron chi connectivity index (χ2n) is 5.92. The van der Waals surface area contributed by atoms with E-state index in [-0.39, 0.29) is 38.2 Å². The van der Waals surface area contributed by atoms with Gasteiger partial charge in [0.2, 0.25) is 5.91 Å². The summed E-state index contributed by atoms with van der Waals surface area (Å²) in [5, 5.41) is 15.7. The number of carboxylic acid groups (broad SMARTS) is 1. The van der Waals surface area contributed by atoms with Gasteiger partial charge in [0.15, 0.2) is 0 Å². The normalized spacial score (nSPS) is 10.2. The van der Waals surface area contributed by atoms with E-state index < -0.39 is 17.8 Å². The number of hydrogen-bond acceptors (Lipinski definition) is 7. The molecule has 0 radical (unpaired) electrons. The number of carbonyl (C=O) groups excluding carboxylic acids is 3. The van der Waals surface area contributed by atoms with E-state index in [2.05, 4.69) is 33.7 Å². The molecule has 9 nitrogen and oxygen atoms in total. The van der Waals surface area contributed by atoms with Crippen LogP contribution in [0, 0.1) is 0 Å². The van der Waals surface area contributed by atoms with Crippen molar-refractivity contribution in [3.63, 3.8) is 0 Å². The fraction of sp³-hybridized carbons (Fsp3) is 0.158. The number of carboxylic acids is 1. The molecule has 0 saturated carbocycles. The van der Waals surface area contributed by atoms with Crippen molar-refractivity contribution in [1.82, 2.24) is 10.7 Å². The van der Waals surface area contributed by atoms with E-state index in [1.807, 2.05) is 0 Å². The average molecular weight is 421 g/mol. The Bertz CT molecular complexity index is 939. The Kier molecular flexibility index (Phi) is 10.7. The average Bonchev–Trinajstić information content (AvgIpc) is 2.70. The van der Waals surface area contributed by atoms with E-state index >= 15 is 0 Å². The molecule has 0 spiro atoms. The van der Waals surface area contributed by atoms with Crippen LogP contribution in [0.1, 0.15) is 22.3 Å². The minimum atomic E-state index is -1.14. The molecule has 0 aliphatic heterocycles. The van der Waals surface area contributed by atoms with Crippen molar-refractivity contribution in [2.24, 2.45) is 10.8 Å². The number of nitrogens with one attached hydrogen (secondary N) is 3. The van der Waals surface area contributed by atoms with Gasteiger partial charge >= 0.3 is 18.9 Å². The Morgan fingerprint density at radius 2 is 1.93 bits per heavy atom. The van der Waals surface area contributed by atoms with Crippen LogP contribution in [0.3, 0.4) is 0 Å². The quantitative estimate of drug-likeness (QED) is 0.0735. The zero-order chi connectivity index (χ0) is 21.2. The Morgan fingerprint density at radius 3 is 2.60 bits per heavy atom. The summed E-state index contributed by atoms with van der Waals surface area (Å²) in [7, 11) is 0. The molecule has 2 rings (SSSR count). The third-order valence-corrected chi connectivity index (χ3v) is 4.19. The molecular weight excluding hydrogens is 401 g/mol. The first-order chi connectivity index (χ1) is 13.9. The van der Waals surface area contributed by atoms with Gasteiger partial charge in [-0.3, -0.25) is 9.59 Å². The first kappa shape index (κ1) is 25.3. The zero-order valence-corrected chi connectivity index (χ0v) is 17.2. The van der Waals surface area contributed by atoms with Crippen LogP contribution in [-0.2, 0) is 16.0 Å². The fourth-order valence-corrected chi connectivity index (χ4v) is 2.72. The Morgan fingerprint density at radius 1 is 1.17 bits per heavy atom. The van der Waals surface area contributed by atoms with Crippen molar-refractivity contribution < 1.29 is 38.4 Å². The number of aliphatic carboxylic acids is 1. The summed E-state index contributed by atoms with van der Waals surface area (Å²) >= 11 is 4.30. The summed E-state index contributed by atoms with van der Waals surface area (Å²) in [6, 6.07) is 11.4. The first-order valence-corrected chi connectivity index (χ1v) is 9.02. The van der Waals surface area contributed by atoms with E-state index in [1.165, 1.54) is 6.34 Å². The summed E-state index contributed by atoms with van der Waals surface area (Å²) in [5.74, 6) is 3.12. The van der Waals surface area contributed by atoms with Gasteiger partial charge in [-0.05, 0) is 48.7 Å². The van der Waals surface area contributed by atoms with Crippen LogP contribution < -0.4 is 45.9 Å². The number of hydrazine groups is 1. The summed E-state index contributed by atoms with van der Waals surface area (Å²) in [4.78, 5) is 39.4. The third-order valence-electron chi connectivity index (χ3n) is 3.77. The molecule has 0 saturated heterocycles. The summed E-state index contributed by atoms with van der Waals surface area (Å²) in [6.07, 6.45) is 1.46. The number of amides is 2. The molecule has 30 heavy (non-hydrogen) atoms. The molecule has 0 bridgehead atoms. The summed E-state index contributed by atoms with van der Waals surface area (Å²) in [6.45, 7) is -0.231. The number of aryl methyl sites for hydroxylation is 1. The van der Waals surface area contributed by atoms with Crippen molar-refractivity contribution in [2.45, 2.75) is 17.7 Å². The number of thiol groups is 1. The predicted octanol–water partition coefficient (Wildman–Crippen LogP) is -2.85. The SMILES string of the molecule is NNC=Nc1cccc(C(=O)NCC(=O)Nc2ccc(CCC(=O)[O-])c(S)c2)c1.[Li+]. The van der Waals surface area contributed by atoms with Crippen LogP contribution in [0.4, 0.5) is 11.4 Å². The molecule has 2 amide bonds. The van der Waals surface area contributed by atoms with Crippen LogP contribution in [0.25, 0.3) is 0 Å². The molecule has 0 unspecified atom stereocenters. The predicted molar refractivity (Wildman–Crippen MR) is 110 cm³/mol. The number of benzene rings is 2. The second kappa shape index (κ2) is 12.7. The molecule has 11 heteroatoms. The standard InChI is InChI=1S/C19H21N5O4S.Li/c20-23-11-22-14-3-1-2-13(8-14)19(28)21-10-17(25)24-15-6-4-12(16(29)9-15)5-7-18(26)27;/h1-4,6,8-9,11,29H,5,7,10,20H2,(H,21,28)(H,22,23)(H,24,25)(H,26,27);/q;+1/p-1. The zero-order valence-electron chi connectivity index (χ0n) is 16.3. The van der Waals surface area contributed by atoms with E-state index in [4.69, 9.17) is 5.84 Å². The monoisotopic (exact) mass is 421 g/mol. The molecule has 2 aromatic carbocycles. The fourth-order valence-electron chi connectivity index (χ4n) is 2.40. The number of carbonyl (C=O) groups is 3. The number of nitrogens with two attached hydrogens (primary N) is 1. The maximum absolute atomic E-state index is 12.2. The van der Waals surface area contributed by atoms with Gasteiger partial charge in [-0.2, -0.15) is 0 Å². The molecule has 152 valence electrons. The van der Waals surface area contributed by atoms with Gasteiger partial charge in [0.1, 0.15) is 6.34 Å². The minimum absolute atomic E-state index is 0. The van der Waals surface area contributed by atoms with E-state index in [1.54, 1.807) is 42.5 Å². The number of anilines is 1. The van der Waals surface area contributed by atoms with Crippen LogP contribution in [0.15, 0.2) is 52.4 Å². The molecule has 0 atom stereocenters. The maximum atomic E-state index is 12.2. The summed E-state index contributed by atoms with van der Waals surface area (Å²) < 4.78 is 0. The van der Waals surface area contributed by atoms with E-state index in [0.717, 1.165) is 5.56 Å². The molecule has 2 aromatic rings. The smallest absolute Gasteiger partial charge is 0.550 e. The minimum Gasteiger partial charge on any atom is -0.550 e. The van der Waals surface area contributed by atoms with Gasteiger partial charge in [-0.15, -0.1) is 12.6 Å². The molecule has 0 aliphatic carbocycles. The summed E-state index contributed by atoms with van der Waals surface area (Å²) in [5.41, 5.74) is 4.36. The molecule has 0 fully saturated rings. The van der Waals surface area contributed by atoms with Gasteiger partial charge in [-0.25, -0.2) is 10.8 Å². The second-order valence-corrected chi connectivity index (χ2v) is 6.40. The number of hydrogen-bond donors (Lipinski definition) is 5. The third kappa shape index (κ3) is 8.30. The van der Waals surface area contributed by atoms with Gasteiger partial charge in [-0.1, -0.05) is 12.1 Å². The van der Waals surface area contributed by atoms with Gasteiger partial charge < -0.3 is 26.0 Å². The first-order valence-electron chi connectivity index (χ1n) is 8.57.